The molecule has 1 aliphatic heterocycles. The molecule has 2 amide bonds. The minimum atomic E-state index is -0.233. The summed E-state index contributed by atoms with van der Waals surface area (Å²) in [5, 5.41) is 5.61. The number of hydrogen-bond donors (Lipinski definition) is 1. The first-order valence-electron chi connectivity index (χ1n) is 9.77. The zero-order chi connectivity index (χ0) is 20.4. The van der Waals surface area contributed by atoms with Crippen LogP contribution in [0.4, 0.5) is 11.4 Å². The molecule has 2 heterocycles. The van der Waals surface area contributed by atoms with Crippen molar-refractivity contribution < 1.29 is 9.59 Å². The molecule has 0 atom stereocenters. The first-order valence-corrected chi connectivity index (χ1v) is 10.6. The minimum absolute atomic E-state index is 0.0225. The lowest BCUT2D eigenvalue weighted by Gasteiger charge is -2.17. The zero-order valence-electron chi connectivity index (χ0n) is 16.5. The Morgan fingerprint density at radius 1 is 1.14 bits per heavy atom. The number of benzene rings is 2. The molecular formula is C23H23N3O2S. The van der Waals surface area contributed by atoms with Crippen LogP contribution in [0, 0.1) is 5.92 Å². The zero-order valence-corrected chi connectivity index (χ0v) is 17.3. The summed E-state index contributed by atoms with van der Waals surface area (Å²) in [6.45, 7) is 4.95. The maximum atomic E-state index is 12.9. The number of carbonyl (C=O) groups is 2. The van der Waals surface area contributed by atoms with Crippen LogP contribution in [0.5, 0.6) is 0 Å². The number of aromatic nitrogens is 1. The summed E-state index contributed by atoms with van der Waals surface area (Å²) in [6, 6.07) is 15.0. The number of nitrogens with one attached hydrogen (secondary N) is 1. The average molecular weight is 406 g/mol. The van der Waals surface area contributed by atoms with E-state index in [1.54, 1.807) is 29.6 Å². The predicted molar refractivity (Wildman–Crippen MR) is 117 cm³/mol. The van der Waals surface area contributed by atoms with Crippen LogP contribution < -0.4 is 10.2 Å². The van der Waals surface area contributed by atoms with Crippen LogP contribution >= 0.6 is 11.3 Å². The van der Waals surface area contributed by atoms with E-state index in [-0.39, 0.29) is 11.8 Å². The third-order valence-corrected chi connectivity index (χ3v) is 5.76. The van der Waals surface area contributed by atoms with Gasteiger partial charge in [0.2, 0.25) is 0 Å². The number of carbonyl (C=O) groups excluding carboxylic acids is 2. The number of fused-ring (bicyclic) bond motifs is 1. The van der Waals surface area contributed by atoms with Crippen molar-refractivity contribution in [3.63, 3.8) is 0 Å². The second kappa shape index (κ2) is 8.17. The van der Waals surface area contributed by atoms with Crippen LogP contribution in [-0.4, -0.2) is 23.3 Å². The Labute approximate surface area is 174 Å². The van der Waals surface area contributed by atoms with E-state index in [9.17, 15) is 9.59 Å². The van der Waals surface area contributed by atoms with Gasteiger partial charge in [-0.2, -0.15) is 0 Å². The van der Waals surface area contributed by atoms with Crippen molar-refractivity contribution in [2.24, 2.45) is 5.92 Å². The van der Waals surface area contributed by atoms with Crippen LogP contribution in [-0.2, 0) is 12.8 Å². The highest BCUT2D eigenvalue weighted by Gasteiger charge is 2.25. The highest BCUT2D eigenvalue weighted by Crippen LogP contribution is 2.29. The largest absolute Gasteiger partial charge is 0.321 e. The van der Waals surface area contributed by atoms with Crippen molar-refractivity contribution >= 4 is 34.5 Å². The molecule has 1 N–H and O–H groups in total. The maximum absolute atomic E-state index is 12.9. The molecule has 4 rings (SSSR count). The van der Waals surface area contributed by atoms with Crippen LogP contribution in [0.2, 0.25) is 0 Å². The highest BCUT2D eigenvalue weighted by molar-refractivity contribution is 7.09. The number of thiazole rings is 1. The Kier molecular flexibility index (Phi) is 5.45. The Morgan fingerprint density at radius 2 is 1.90 bits per heavy atom. The van der Waals surface area contributed by atoms with Crippen LogP contribution in [0.3, 0.4) is 0 Å². The molecule has 0 saturated heterocycles. The summed E-state index contributed by atoms with van der Waals surface area (Å²) < 4.78 is 0. The fourth-order valence-corrected chi connectivity index (χ4v) is 4.44. The Hall–Kier alpha value is -2.99. The van der Waals surface area contributed by atoms with E-state index in [1.807, 2.05) is 23.1 Å². The quantitative estimate of drug-likeness (QED) is 0.663. The first-order chi connectivity index (χ1) is 14.0. The molecule has 148 valence electrons. The molecule has 0 bridgehead atoms. The molecule has 1 aromatic heterocycles. The number of nitrogens with zero attached hydrogens (tertiary/aromatic N) is 2. The molecule has 29 heavy (non-hydrogen) atoms. The third-order valence-electron chi connectivity index (χ3n) is 4.89. The molecule has 0 spiro atoms. The van der Waals surface area contributed by atoms with Crippen molar-refractivity contribution in [3.8, 4) is 0 Å². The lowest BCUT2D eigenvalue weighted by atomic mass is 10.1. The summed E-state index contributed by atoms with van der Waals surface area (Å²) >= 11 is 1.51. The number of para-hydroxylation sites is 1. The molecule has 0 saturated carbocycles. The molecule has 6 heteroatoms. The van der Waals surface area contributed by atoms with Gasteiger partial charge < -0.3 is 10.2 Å². The number of rotatable bonds is 5. The van der Waals surface area contributed by atoms with Crippen LogP contribution in [0.1, 0.15) is 45.3 Å². The fourth-order valence-electron chi connectivity index (χ4n) is 3.45. The SMILES string of the molecule is CC(C)Cc1nc(C(=O)Nc2ccc(C(=O)N3CCc4ccccc43)cc2)cs1. The van der Waals surface area contributed by atoms with Crippen LogP contribution in [0.15, 0.2) is 53.9 Å². The number of amides is 2. The molecule has 0 fully saturated rings. The molecule has 0 unspecified atom stereocenters. The second-order valence-corrected chi connectivity index (χ2v) is 8.53. The average Bonchev–Trinajstić information content (AvgIpc) is 3.34. The lowest BCUT2D eigenvalue weighted by Crippen LogP contribution is -2.28. The van der Waals surface area contributed by atoms with E-state index in [4.69, 9.17) is 0 Å². The summed E-state index contributed by atoms with van der Waals surface area (Å²) in [5.74, 6) is 0.249. The first kappa shape index (κ1) is 19.3. The monoisotopic (exact) mass is 405 g/mol. The van der Waals surface area contributed by atoms with E-state index < -0.39 is 0 Å². The van der Waals surface area contributed by atoms with Gasteiger partial charge in [0.25, 0.3) is 11.8 Å². The van der Waals surface area contributed by atoms with Gasteiger partial charge in [0, 0.05) is 35.3 Å². The van der Waals surface area contributed by atoms with E-state index in [0.717, 1.165) is 23.5 Å². The van der Waals surface area contributed by atoms with Gasteiger partial charge in [0.1, 0.15) is 5.69 Å². The molecule has 1 aliphatic rings. The smallest absolute Gasteiger partial charge is 0.275 e. The minimum Gasteiger partial charge on any atom is -0.321 e. The standard InChI is InChI=1S/C23H23N3O2S/c1-15(2)13-21-25-19(14-29-21)22(27)24-18-9-7-17(8-10-18)23(28)26-12-11-16-5-3-4-6-20(16)26/h3-10,14-15H,11-13H2,1-2H3,(H,24,27). The molecule has 5 nitrogen and oxygen atoms in total. The highest BCUT2D eigenvalue weighted by atomic mass is 32.1. The third kappa shape index (κ3) is 4.22. The van der Waals surface area contributed by atoms with E-state index >= 15 is 0 Å². The van der Waals surface area contributed by atoms with Crippen LogP contribution in [0.25, 0.3) is 0 Å². The predicted octanol–water partition coefficient (Wildman–Crippen LogP) is 4.80. The lowest BCUT2D eigenvalue weighted by molar-refractivity contribution is 0.0988. The van der Waals surface area contributed by atoms with Crippen molar-refractivity contribution in [3.05, 3.63) is 75.7 Å². The summed E-state index contributed by atoms with van der Waals surface area (Å²) in [6.07, 6.45) is 1.75. The van der Waals surface area contributed by atoms with Gasteiger partial charge in [-0.1, -0.05) is 32.0 Å². The Morgan fingerprint density at radius 3 is 2.66 bits per heavy atom. The van der Waals surface area contributed by atoms with Gasteiger partial charge in [-0.15, -0.1) is 11.3 Å². The van der Waals surface area contributed by atoms with E-state index in [2.05, 4.69) is 30.2 Å². The molecule has 3 aromatic rings. The van der Waals surface area contributed by atoms with Crippen molar-refractivity contribution in [1.29, 1.82) is 0 Å². The van der Waals surface area contributed by atoms with Gasteiger partial charge in [0.15, 0.2) is 0 Å². The van der Waals surface area contributed by atoms with Crippen molar-refractivity contribution in [2.45, 2.75) is 26.7 Å². The second-order valence-electron chi connectivity index (χ2n) is 7.59. The summed E-state index contributed by atoms with van der Waals surface area (Å²) in [7, 11) is 0. The molecular weight excluding hydrogens is 382 g/mol. The van der Waals surface area contributed by atoms with E-state index in [1.165, 1.54) is 16.9 Å². The van der Waals surface area contributed by atoms with Gasteiger partial charge in [-0.05, 0) is 48.2 Å². The van der Waals surface area contributed by atoms with Gasteiger partial charge >= 0.3 is 0 Å². The topological polar surface area (TPSA) is 62.3 Å². The summed E-state index contributed by atoms with van der Waals surface area (Å²) in [5.41, 5.74) is 3.86. The number of anilines is 2. The van der Waals surface area contributed by atoms with Gasteiger partial charge in [-0.3, -0.25) is 9.59 Å². The molecule has 0 radical (unpaired) electrons. The molecule has 2 aromatic carbocycles. The van der Waals surface area contributed by atoms with Gasteiger partial charge in [0.05, 0.1) is 5.01 Å². The summed E-state index contributed by atoms with van der Waals surface area (Å²) in [4.78, 5) is 31.5. The van der Waals surface area contributed by atoms with Gasteiger partial charge in [-0.25, -0.2) is 4.98 Å². The Bertz CT molecular complexity index is 1040. The Balaban J connectivity index is 1.42. The van der Waals surface area contributed by atoms with Crippen molar-refractivity contribution in [2.75, 3.05) is 16.8 Å². The normalized spacial score (nSPS) is 12.9. The maximum Gasteiger partial charge on any atom is 0.275 e. The van der Waals surface area contributed by atoms with Crippen molar-refractivity contribution in [1.82, 2.24) is 4.98 Å². The fraction of sp³-hybridized carbons (Fsp3) is 0.261. The van der Waals surface area contributed by atoms with E-state index in [0.29, 0.717) is 29.4 Å². The number of hydrogen-bond acceptors (Lipinski definition) is 4. The molecule has 0 aliphatic carbocycles.